The number of urea groups is 1. The lowest BCUT2D eigenvalue weighted by atomic mass is 9.71. The maximum Gasteiger partial charge on any atom is 0.326 e. The Labute approximate surface area is 506 Å². The predicted octanol–water partition coefficient (Wildman–Crippen LogP) is 11.6. The molecule has 1 fully saturated rings. The first-order valence-electron chi connectivity index (χ1n) is 28.7. The van der Waals surface area contributed by atoms with Crippen LogP contribution >= 0.6 is 23.2 Å². The Balaban J connectivity index is 0.684. The first kappa shape index (κ1) is 62.2. The fourth-order valence-electron chi connectivity index (χ4n) is 10.6. The first-order chi connectivity index (χ1) is 41.0. The van der Waals surface area contributed by atoms with Gasteiger partial charge in [-0.2, -0.15) is 5.10 Å². The molecule has 1 saturated heterocycles. The van der Waals surface area contributed by atoms with Crippen LogP contribution in [-0.4, -0.2) is 151 Å². The summed E-state index contributed by atoms with van der Waals surface area (Å²) in [6, 6.07) is 29.8. The average Bonchev–Trinajstić information content (AvgIpc) is 1.69. The van der Waals surface area contributed by atoms with Crippen molar-refractivity contribution in [2.75, 3.05) is 92.2 Å². The maximum atomic E-state index is 15.5. The highest BCUT2D eigenvalue weighted by molar-refractivity contribution is 6.31. The van der Waals surface area contributed by atoms with Gasteiger partial charge in [0.05, 0.1) is 84.2 Å². The van der Waals surface area contributed by atoms with Gasteiger partial charge in [-0.1, -0.05) is 86.4 Å². The second-order valence-electron chi connectivity index (χ2n) is 22.2. The predicted molar refractivity (Wildman–Crippen MR) is 332 cm³/mol. The molecule has 448 valence electrons. The Kier molecular flexibility index (Phi) is 20.7. The monoisotopic (exact) mass is 1200 g/mol. The van der Waals surface area contributed by atoms with E-state index in [1.807, 2.05) is 89.7 Å². The highest BCUT2D eigenvalue weighted by atomic mass is 35.5. The van der Waals surface area contributed by atoms with E-state index in [9.17, 15) is 9.18 Å². The molecule has 0 radical (unpaired) electrons. The molecule has 2 aliphatic heterocycles. The average molecular weight is 1200 g/mol. The summed E-state index contributed by atoms with van der Waals surface area (Å²) >= 11 is 13.0. The van der Waals surface area contributed by atoms with Crippen molar-refractivity contribution in [1.29, 1.82) is 0 Å². The smallest absolute Gasteiger partial charge is 0.326 e. The van der Waals surface area contributed by atoms with Crippen LogP contribution in [0.2, 0.25) is 10.0 Å². The number of piperazine rings is 1. The van der Waals surface area contributed by atoms with Gasteiger partial charge in [-0.25, -0.2) is 18.9 Å². The number of amidine groups is 1. The number of hydrogen-bond donors (Lipinski definition) is 2. The maximum absolute atomic E-state index is 15.5. The molecule has 2 unspecified atom stereocenters. The normalized spacial score (nSPS) is 17.8. The van der Waals surface area contributed by atoms with Crippen molar-refractivity contribution in [3.05, 3.63) is 177 Å². The molecule has 2 atom stereocenters. The summed E-state index contributed by atoms with van der Waals surface area (Å²) in [6.07, 6.45) is 10.1. The molecule has 0 aliphatic carbocycles. The van der Waals surface area contributed by atoms with Crippen molar-refractivity contribution in [3.8, 4) is 16.9 Å². The highest BCUT2D eigenvalue weighted by Gasteiger charge is 2.60. The number of allylic oxidation sites excluding steroid dienone is 1. The van der Waals surface area contributed by atoms with Gasteiger partial charge in [-0.3, -0.25) is 24.6 Å². The summed E-state index contributed by atoms with van der Waals surface area (Å²) in [6.45, 7) is 19.6. The molecular weight excluding hydrogens is 1120 g/mol. The summed E-state index contributed by atoms with van der Waals surface area (Å²) < 4.78 is 44.4. The Morgan fingerprint density at radius 3 is 2.11 bits per heavy atom. The summed E-state index contributed by atoms with van der Waals surface area (Å²) in [4.78, 5) is 52.4. The van der Waals surface area contributed by atoms with Crippen LogP contribution in [0.25, 0.3) is 27.7 Å². The van der Waals surface area contributed by atoms with Crippen LogP contribution in [0.15, 0.2) is 138 Å². The number of halogens is 3. The van der Waals surface area contributed by atoms with Crippen LogP contribution in [-0.2, 0) is 42.0 Å². The summed E-state index contributed by atoms with van der Waals surface area (Å²) in [5, 5.41) is 6.32. The van der Waals surface area contributed by atoms with Gasteiger partial charge in [0, 0.05) is 101 Å². The minimum absolute atomic E-state index is 0.135. The van der Waals surface area contributed by atoms with Gasteiger partial charge in [0.15, 0.2) is 0 Å². The molecular formula is C65H75Cl2FN10O7. The van der Waals surface area contributed by atoms with Gasteiger partial charge < -0.3 is 39.3 Å². The molecule has 17 nitrogen and oxygen atoms in total. The fourth-order valence-corrected chi connectivity index (χ4v) is 10.9. The zero-order valence-corrected chi connectivity index (χ0v) is 50.7. The van der Waals surface area contributed by atoms with Gasteiger partial charge in [0.2, 0.25) is 5.91 Å². The lowest BCUT2D eigenvalue weighted by molar-refractivity contribution is -0.00511. The number of fused-ring (bicyclic) bond motifs is 1. The van der Waals surface area contributed by atoms with Gasteiger partial charge in [0.1, 0.15) is 34.1 Å². The summed E-state index contributed by atoms with van der Waals surface area (Å²) in [5.74, 6) is 0.671. The molecule has 20 heteroatoms. The quantitative estimate of drug-likeness (QED) is 0.0409. The molecule has 0 bridgehead atoms. The minimum atomic E-state index is -1.02. The molecule has 2 aliphatic rings. The van der Waals surface area contributed by atoms with E-state index < -0.39 is 11.1 Å². The van der Waals surface area contributed by atoms with Gasteiger partial charge >= 0.3 is 6.03 Å². The number of aromatic amines is 1. The van der Waals surface area contributed by atoms with Crippen molar-refractivity contribution < 1.29 is 37.7 Å². The lowest BCUT2D eigenvalue weighted by Gasteiger charge is -2.47. The number of pyridine rings is 1. The number of nitrogens with one attached hydrogen (secondary N) is 1. The van der Waals surface area contributed by atoms with E-state index in [2.05, 4.69) is 71.7 Å². The van der Waals surface area contributed by atoms with Crippen LogP contribution in [0.4, 0.5) is 9.18 Å². The Morgan fingerprint density at radius 2 is 1.46 bits per heavy atom. The number of carbonyl (C=O) groups is 2. The molecule has 7 aromatic rings. The van der Waals surface area contributed by atoms with Crippen LogP contribution < -0.4 is 10.5 Å². The second-order valence-corrected chi connectivity index (χ2v) is 23.1. The van der Waals surface area contributed by atoms with Crippen molar-refractivity contribution in [3.63, 3.8) is 0 Å². The van der Waals surface area contributed by atoms with Gasteiger partial charge in [-0.05, 0) is 103 Å². The Hall–Kier alpha value is -7.29. The zero-order valence-electron chi connectivity index (χ0n) is 49.2. The van der Waals surface area contributed by atoms with E-state index in [0.717, 1.165) is 49.9 Å². The van der Waals surface area contributed by atoms with E-state index in [0.29, 0.717) is 125 Å². The standard InChI is InChI=1S/C65H75Cl2FN10O7/c1-7-85-58-37-51(63(2,3)4)15-20-55(58)61-74-64(5,49-11-16-52(66)17-12-49)65(6,50-13-18-53(67)19-14-50)78(61)62(80)76-24-22-75(23-25-76)26-28-82-30-32-84-34-33-83-31-29-81-27-21-59(79)77-44-48(42-73-77)46-36-56-57(43-72-60(56)71-41-46)47(38-69)40-70-39-45-9-8-10-54(68)35-45/h8-20,35-38,40-44H,7,21-34,39,69H2,1-6H3,(H,71,72). The fraction of sp³-hybridized carbons (Fsp3) is 0.385. The Morgan fingerprint density at radius 1 is 0.800 bits per heavy atom. The molecule has 4 aromatic carbocycles. The number of ether oxygens (including phenoxy) is 5. The van der Waals surface area contributed by atoms with Gasteiger partial charge in [0.25, 0.3) is 0 Å². The molecule has 3 aromatic heterocycles. The zero-order chi connectivity index (χ0) is 60.1. The minimum Gasteiger partial charge on any atom is -0.493 e. The highest BCUT2D eigenvalue weighted by Crippen LogP contribution is 2.54. The van der Waals surface area contributed by atoms with Crippen molar-refractivity contribution in [2.24, 2.45) is 15.7 Å². The topological polar surface area (TPSA) is 187 Å². The number of benzene rings is 4. The Bertz CT molecular complexity index is 3500. The van der Waals surface area contributed by atoms with Crippen LogP contribution in [0.5, 0.6) is 5.75 Å². The molecule has 0 saturated carbocycles. The largest absolute Gasteiger partial charge is 0.493 e. The molecule has 0 spiro atoms. The third-order valence-electron chi connectivity index (χ3n) is 15.7. The molecule has 9 rings (SSSR count). The third-order valence-corrected chi connectivity index (χ3v) is 16.2. The molecule has 85 heavy (non-hydrogen) atoms. The third kappa shape index (κ3) is 14.7. The lowest BCUT2D eigenvalue weighted by Crippen LogP contribution is -2.60. The molecule has 3 N–H and O–H groups in total. The second kappa shape index (κ2) is 28.3. The van der Waals surface area contributed by atoms with Crippen LogP contribution in [0.1, 0.15) is 86.1 Å². The number of H-pyrrole nitrogens is 1. The van der Waals surface area contributed by atoms with E-state index in [-0.39, 0.29) is 36.2 Å². The van der Waals surface area contributed by atoms with Crippen LogP contribution in [0, 0.1) is 5.82 Å². The number of carbonyl (C=O) groups excluding carboxylic acids is 2. The number of aromatic nitrogens is 4. The number of hydrogen-bond acceptors (Lipinski definition) is 13. The number of nitrogens with zero attached hydrogens (tertiary/aromatic N) is 8. The van der Waals surface area contributed by atoms with Gasteiger partial charge in [-0.15, -0.1) is 0 Å². The van der Waals surface area contributed by atoms with Crippen molar-refractivity contribution in [2.45, 2.75) is 71.0 Å². The first-order valence-corrected chi connectivity index (χ1v) is 29.5. The molecule has 5 heterocycles. The number of amides is 2. The number of nitrogens with two attached hydrogens (primary N) is 1. The van der Waals surface area contributed by atoms with Crippen LogP contribution in [0.3, 0.4) is 0 Å². The summed E-state index contributed by atoms with van der Waals surface area (Å²) in [5.41, 5.74) is 11.9. The van der Waals surface area contributed by atoms with Crippen molar-refractivity contribution in [1.82, 2.24) is 34.4 Å². The van der Waals surface area contributed by atoms with Crippen molar-refractivity contribution >= 4 is 63.8 Å². The molecule has 2 amide bonds. The SMILES string of the molecule is CCOc1cc(C(C)(C)C)ccc1C1=NC(C)(c2ccc(Cl)cc2)C(C)(c2ccc(Cl)cc2)N1C(=O)N1CCN(CCOCCOCCOCCOCCC(=O)n2cc(-c3cnc4[nH]cc(C(C=NCc5cccc(F)c5)=CN)c4c3)cn2)CC1. The van der Waals surface area contributed by atoms with E-state index in [1.165, 1.54) is 23.0 Å². The number of aliphatic imine (C=N–C) groups is 2. The van der Waals surface area contributed by atoms with E-state index in [4.69, 9.17) is 57.6 Å². The van der Waals surface area contributed by atoms with E-state index >= 15 is 4.79 Å². The summed E-state index contributed by atoms with van der Waals surface area (Å²) in [7, 11) is 0. The number of rotatable bonds is 25. The van der Waals surface area contributed by atoms with E-state index in [1.54, 1.807) is 30.9 Å².